The molecular formula is C34H34ClF3N8O5. The van der Waals surface area contributed by atoms with E-state index in [1.807, 2.05) is 19.9 Å². The van der Waals surface area contributed by atoms with Gasteiger partial charge in [0, 0.05) is 29.9 Å². The van der Waals surface area contributed by atoms with E-state index in [1.54, 1.807) is 16.4 Å². The van der Waals surface area contributed by atoms with Crippen LogP contribution in [0.3, 0.4) is 0 Å². The van der Waals surface area contributed by atoms with Gasteiger partial charge >= 0.3 is 11.9 Å². The highest BCUT2D eigenvalue weighted by Crippen LogP contribution is 2.46. The first-order valence-corrected chi connectivity index (χ1v) is 16.9. The minimum absolute atomic E-state index is 0.0189. The number of nitrogens with one attached hydrogen (secondary N) is 1. The van der Waals surface area contributed by atoms with Crippen LogP contribution in [0, 0.1) is 6.92 Å². The second-order valence-electron chi connectivity index (χ2n) is 13.2. The number of piperidine rings is 1. The van der Waals surface area contributed by atoms with Crippen molar-refractivity contribution in [2.24, 2.45) is 0 Å². The van der Waals surface area contributed by atoms with Crippen molar-refractivity contribution >= 4 is 40.3 Å². The van der Waals surface area contributed by atoms with E-state index in [2.05, 4.69) is 20.4 Å². The maximum Gasteiger partial charge on any atom is 0.416 e. The standard InChI is InChI=1S/C34H34ClF3N8O5/c1-16-12-22(31(48)41-24-5-4-20(14-23(24)35)34(36,37)38)25-27(16)45(33(50)46-30(25)42-29(43-46)19-7-10-51-11-8-19)21-6-9-44(17(2)13-21)32(49)26-28(47)18(3)39-15-40-26/h4-5,7,14-17,21-22,47H,6,8-13H2,1-3H3,(H,41,48). The van der Waals surface area contributed by atoms with Crippen LogP contribution >= 0.6 is 11.6 Å². The van der Waals surface area contributed by atoms with Crippen molar-refractivity contribution in [3.8, 4) is 5.75 Å². The number of benzene rings is 1. The zero-order chi connectivity index (χ0) is 36.4. The third-order valence-electron chi connectivity index (χ3n) is 9.98. The second-order valence-corrected chi connectivity index (χ2v) is 13.6. The molecule has 2 amide bonds. The topological polar surface area (TPSA) is 157 Å². The Morgan fingerprint density at radius 3 is 2.63 bits per heavy atom. The van der Waals surface area contributed by atoms with E-state index >= 15 is 0 Å². The van der Waals surface area contributed by atoms with Gasteiger partial charge < -0.3 is 20.1 Å². The Bertz CT molecular complexity index is 2170. The molecule has 3 aliphatic rings. The Balaban J connectivity index is 1.28. The lowest BCUT2D eigenvalue weighted by atomic mass is 9.96. The van der Waals surface area contributed by atoms with Gasteiger partial charge in [0.05, 0.1) is 41.1 Å². The highest BCUT2D eigenvalue weighted by atomic mass is 35.5. The summed E-state index contributed by atoms with van der Waals surface area (Å²) in [6, 6.07) is 1.97. The highest BCUT2D eigenvalue weighted by Gasteiger charge is 2.43. The van der Waals surface area contributed by atoms with Crippen LogP contribution in [0.1, 0.15) is 96.2 Å². The fourth-order valence-electron chi connectivity index (χ4n) is 7.40. The normalized spacial score (nSPS) is 22.2. The predicted molar refractivity (Wildman–Crippen MR) is 179 cm³/mol. The molecule has 4 atom stereocenters. The van der Waals surface area contributed by atoms with Crippen LogP contribution in [-0.4, -0.2) is 76.8 Å². The van der Waals surface area contributed by atoms with Gasteiger partial charge in [-0.15, -0.1) is 5.10 Å². The molecule has 5 heterocycles. The molecule has 0 radical (unpaired) electrons. The largest absolute Gasteiger partial charge is 0.504 e. The van der Waals surface area contributed by atoms with Gasteiger partial charge in [-0.3, -0.25) is 14.2 Å². The first-order valence-electron chi connectivity index (χ1n) is 16.6. The van der Waals surface area contributed by atoms with Gasteiger partial charge in [0.2, 0.25) is 5.91 Å². The van der Waals surface area contributed by atoms with E-state index in [4.69, 9.17) is 21.3 Å². The van der Waals surface area contributed by atoms with E-state index in [1.165, 1.54) is 10.8 Å². The van der Waals surface area contributed by atoms with E-state index in [-0.39, 0.29) is 64.5 Å². The van der Waals surface area contributed by atoms with E-state index < -0.39 is 35.2 Å². The molecule has 0 saturated carbocycles. The molecule has 1 aromatic carbocycles. The summed E-state index contributed by atoms with van der Waals surface area (Å²) >= 11 is 6.20. The molecular weight excluding hydrogens is 693 g/mol. The first-order chi connectivity index (χ1) is 24.2. The number of likely N-dealkylation sites (tertiary alicyclic amines) is 1. The fourth-order valence-corrected chi connectivity index (χ4v) is 7.63. The number of aromatic hydroxyl groups is 1. The van der Waals surface area contributed by atoms with Crippen LogP contribution < -0.4 is 11.0 Å². The smallest absolute Gasteiger partial charge is 0.416 e. The minimum atomic E-state index is -4.61. The number of rotatable bonds is 5. The lowest BCUT2D eigenvalue weighted by Gasteiger charge is -2.39. The molecule has 0 bridgehead atoms. The molecule has 2 N–H and O–H groups in total. The molecule has 13 nitrogen and oxygen atoms in total. The number of alkyl halides is 3. The number of hydrogen-bond donors (Lipinski definition) is 2. The molecule has 4 aromatic rings. The average Bonchev–Trinajstić information content (AvgIpc) is 3.69. The number of carbonyl (C=O) groups is 2. The Morgan fingerprint density at radius 1 is 1.16 bits per heavy atom. The third kappa shape index (κ3) is 6.13. The van der Waals surface area contributed by atoms with Crippen LogP contribution in [0.4, 0.5) is 18.9 Å². The summed E-state index contributed by atoms with van der Waals surface area (Å²) in [7, 11) is 0. The fraction of sp³-hybridized carbons (Fsp3) is 0.441. The predicted octanol–water partition coefficient (Wildman–Crippen LogP) is 5.27. The van der Waals surface area contributed by atoms with Gasteiger partial charge in [0.1, 0.15) is 6.33 Å². The molecule has 1 fully saturated rings. The molecule has 4 unspecified atom stereocenters. The minimum Gasteiger partial charge on any atom is -0.504 e. The number of ether oxygens (including phenoxy) is 1. The number of aryl methyl sites for hydroxylation is 1. The molecule has 0 spiro atoms. The van der Waals surface area contributed by atoms with Gasteiger partial charge in [-0.1, -0.05) is 24.6 Å². The molecule has 7 rings (SSSR count). The number of anilines is 1. The highest BCUT2D eigenvalue weighted by molar-refractivity contribution is 6.33. The maximum atomic E-state index is 14.4. The van der Waals surface area contributed by atoms with Gasteiger partial charge in [-0.25, -0.2) is 19.7 Å². The van der Waals surface area contributed by atoms with Gasteiger partial charge in [0.15, 0.2) is 22.9 Å². The van der Waals surface area contributed by atoms with Gasteiger partial charge in [0.25, 0.3) is 5.91 Å². The monoisotopic (exact) mass is 726 g/mol. The zero-order valence-corrected chi connectivity index (χ0v) is 28.6. The summed E-state index contributed by atoms with van der Waals surface area (Å²) in [4.78, 5) is 56.2. The van der Waals surface area contributed by atoms with E-state index in [9.17, 15) is 32.7 Å². The van der Waals surface area contributed by atoms with Crippen molar-refractivity contribution in [2.45, 2.75) is 76.6 Å². The maximum absolute atomic E-state index is 14.4. The van der Waals surface area contributed by atoms with E-state index in [0.29, 0.717) is 49.6 Å². The quantitative estimate of drug-likeness (QED) is 0.280. The van der Waals surface area contributed by atoms with Crippen molar-refractivity contribution in [3.63, 3.8) is 0 Å². The van der Waals surface area contributed by atoms with Crippen molar-refractivity contribution in [3.05, 3.63) is 80.1 Å². The van der Waals surface area contributed by atoms with E-state index in [0.717, 1.165) is 23.8 Å². The summed E-state index contributed by atoms with van der Waals surface area (Å²) in [6.45, 7) is 6.42. The molecule has 2 aliphatic heterocycles. The SMILES string of the molecule is Cc1ncnc(C(=O)N2CCC(n3c4c(c5nc(C6=CCOCC6)nn5c3=O)C(C(=O)Nc3ccc(C(F)(F)F)cc3Cl)CC4C)CC2C)c1O. The molecule has 1 saturated heterocycles. The van der Waals surface area contributed by atoms with Crippen LogP contribution in [0.5, 0.6) is 5.75 Å². The number of halogens is 4. The molecule has 1 aliphatic carbocycles. The lowest BCUT2D eigenvalue weighted by Crippen LogP contribution is -2.47. The summed E-state index contributed by atoms with van der Waals surface area (Å²) < 4.78 is 48.2. The van der Waals surface area contributed by atoms with Crippen molar-refractivity contribution in [2.75, 3.05) is 25.1 Å². The Labute approximate surface area is 294 Å². The second kappa shape index (κ2) is 13.1. The van der Waals surface area contributed by atoms with Crippen molar-refractivity contribution < 1.29 is 32.6 Å². The summed E-state index contributed by atoms with van der Waals surface area (Å²) in [5.74, 6) is -2.05. The summed E-state index contributed by atoms with van der Waals surface area (Å²) in [5.41, 5.74) is 0.974. The third-order valence-corrected chi connectivity index (χ3v) is 10.3. The van der Waals surface area contributed by atoms with Crippen LogP contribution in [0.2, 0.25) is 5.02 Å². The zero-order valence-electron chi connectivity index (χ0n) is 27.9. The average molecular weight is 727 g/mol. The molecule has 268 valence electrons. The first kappa shape index (κ1) is 34.6. The summed E-state index contributed by atoms with van der Waals surface area (Å²) in [6.07, 6.45) is 0.0463. The van der Waals surface area contributed by atoms with Crippen LogP contribution in [0.25, 0.3) is 11.2 Å². The number of fused-ring (bicyclic) bond motifs is 3. The van der Waals surface area contributed by atoms with Crippen LogP contribution in [0.15, 0.2) is 35.4 Å². The Morgan fingerprint density at radius 2 is 1.94 bits per heavy atom. The van der Waals surface area contributed by atoms with Gasteiger partial charge in [-0.05, 0) is 69.2 Å². The Hall–Kier alpha value is -4.83. The number of hydrogen-bond acceptors (Lipinski definition) is 9. The number of aromatic nitrogens is 6. The summed E-state index contributed by atoms with van der Waals surface area (Å²) in [5, 5.41) is 17.5. The lowest BCUT2D eigenvalue weighted by molar-refractivity contribution is -0.137. The number of nitrogens with zero attached hydrogens (tertiary/aromatic N) is 7. The van der Waals surface area contributed by atoms with Crippen molar-refractivity contribution in [1.29, 1.82) is 0 Å². The molecule has 17 heteroatoms. The number of amides is 2. The van der Waals surface area contributed by atoms with Gasteiger partial charge in [-0.2, -0.15) is 17.7 Å². The molecule has 3 aromatic heterocycles. The van der Waals surface area contributed by atoms with Crippen LogP contribution in [-0.2, 0) is 15.7 Å². The Kier molecular flexibility index (Phi) is 8.86. The van der Waals surface area contributed by atoms with Crippen molar-refractivity contribution in [1.82, 2.24) is 34.0 Å². The number of carbonyl (C=O) groups excluding carboxylic acids is 2. The molecule has 51 heavy (non-hydrogen) atoms.